The second-order valence-electron chi connectivity index (χ2n) is 8.66. The van der Waals surface area contributed by atoms with Crippen LogP contribution in [0.2, 0.25) is 0 Å². The smallest absolute Gasteiger partial charge is 0.222 e. The number of rotatable bonds is 7. The van der Waals surface area contributed by atoms with Gasteiger partial charge in [-0.15, -0.1) is 11.3 Å². The van der Waals surface area contributed by atoms with Crippen LogP contribution in [-0.4, -0.2) is 47.9 Å². The zero-order valence-electron chi connectivity index (χ0n) is 18.6. The molecule has 6 nitrogen and oxygen atoms in total. The minimum atomic E-state index is -0.0457. The lowest BCUT2D eigenvalue weighted by molar-refractivity contribution is -0.132. The molecule has 5 rings (SSSR count). The van der Waals surface area contributed by atoms with Gasteiger partial charge in [0.2, 0.25) is 5.91 Å². The molecule has 0 N–H and O–H groups in total. The predicted octanol–water partition coefficient (Wildman–Crippen LogP) is 4.90. The first-order chi connectivity index (χ1) is 16.2. The second kappa shape index (κ2) is 9.91. The van der Waals surface area contributed by atoms with E-state index in [1.165, 1.54) is 4.70 Å². The summed E-state index contributed by atoms with van der Waals surface area (Å²) in [5.74, 6) is 1.63. The number of fused-ring (bicyclic) bond motifs is 2. The zero-order valence-corrected chi connectivity index (χ0v) is 19.4. The van der Waals surface area contributed by atoms with Crippen molar-refractivity contribution >= 4 is 33.2 Å². The van der Waals surface area contributed by atoms with Gasteiger partial charge >= 0.3 is 0 Å². The number of amides is 1. The molecule has 0 aliphatic carbocycles. The summed E-state index contributed by atoms with van der Waals surface area (Å²) < 4.78 is 12.4. The maximum atomic E-state index is 13.0. The first-order valence-corrected chi connectivity index (χ1v) is 12.5. The first-order valence-electron chi connectivity index (χ1n) is 11.7. The lowest BCUT2D eigenvalue weighted by Gasteiger charge is -2.31. The van der Waals surface area contributed by atoms with Gasteiger partial charge in [-0.3, -0.25) is 9.59 Å². The quantitative estimate of drug-likeness (QED) is 0.367. The van der Waals surface area contributed by atoms with Crippen LogP contribution < -0.4 is 9.47 Å². The Kier molecular flexibility index (Phi) is 6.58. The van der Waals surface area contributed by atoms with Crippen molar-refractivity contribution in [3.63, 3.8) is 0 Å². The Balaban J connectivity index is 1.06. The summed E-state index contributed by atoms with van der Waals surface area (Å²) in [4.78, 5) is 32.2. The highest BCUT2D eigenvalue weighted by Crippen LogP contribution is 2.32. The van der Waals surface area contributed by atoms with Gasteiger partial charge in [0, 0.05) is 31.0 Å². The topological polar surface area (TPSA) is 68.7 Å². The third-order valence-corrected chi connectivity index (χ3v) is 7.51. The molecule has 3 heterocycles. The Morgan fingerprint density at radius 3 is 2.61 bits per heavy atom. The SMILES string of the molecule is O=C(c1ccc2c(c1)OCCO2)C1CCN(C(=O)CCCCc2nc3ccccc3s2)CC1. The Hall–Kier alpha value is -2.93. The van der Waals surface area contributed by atoms with E-state index in [9.17, 15) is 9.59 Å². The molecule has 0 unspecified atom stereocenters. The summed E-state index contributed by atoms with van der Waals surface area (Å²) in [5.41, 5.74) is 1.72. The van der Waals surface area contributed by atoms with Crippen LogP contribution in [0.3, 0.4) is 0 Å². The van der Waals surface area contributed by atoms with Gasteiger partial charge in [-0.2, -0.15) is 0 Å². The van der Waals surface area contributed by atoms with E-state index in [1.54, 1.807) is 17.4 Å². The fourth-order valence-electron chi connectivity index (χ4n) is 4.56. The lowest BCUT2D eigenvalue weighted by Crippen LogP contribution is -2.40. The van der Waals surface area contributed by atoms with Gasteiger partial charge < -0.3 is 14.4 Å². The molecular weight excluding hydrogens is 436 g/mol. The molecule has 0 atom stereocenters. The highest BCUT2D eigenvalue weighted by Gasteiger charge is 2.28. The number of ketones is 1. The van der Waals surface area contributed by atoms with E-state index in [1.807, 2.05) is 35.2 Å². The van der Waals surface area contributed by atoms with Crippen molar-refractivity contribution in [1.29, 1.82) is 0 Å². The number of Topliss-reactive ketones (excluding diaryl/α,β-unsaturated/α-hetero) is 1. The normalized spacial score (nSPS) is 16.2. The highest BCUT2D eigenvalue weighted by atomic mass is 32.1. The van der Waals surface area contributed by atoms with Crippen LogP contribution >= 0.6 is 11.3 Å². The van der Waals surface area contributed by atoms with Crippen molar-refractivity contribution < 1.29 is 19.1 Å². The molecule has 2 aromatic carbocycles. The van der Waals surface area contributed by atoms with Gasteiger partial charge in [0.15, 0.2) is 17.3 Å². The number of carbonyl (C=O) groups is 2. The van der Waals surface area contributed by atoms with Crippen LogP contribution in [0, 0.1) is 5.92 Å². The number of hydrogen-bond donors (Lipinski definition) is 0. The molecule has 1 saturated heterocycles. The number of thiazole rings is 1. The van der Waals surface area contributed by atoms with Crippen molar-refractivity contribution in [3.8, 4) is 11.5 Å². The van der Waals surface area contributed by atoms with Gasteiger partial charge in [0.05, 0.1) is 15.2 Å². The molecule has 1 fully saturated rings. The molecule has 1 aromatic heterocycles. The first kappa shape index (κ1) is 21.9. The Morgan fingerprint density at radius 2 is 1.79 bits per heavy atom. The molecule has 7 heteroatoms. The maximum Gasteiger partial charge on any atom is 0.222 e. The fourth-order valence-corrected chi connectivity index (χ4v) is 5.57. The third kappa shape index (κ3) is 5.03. The van der Waals surface area contributed by atoms with Gasteiger partial charge in [0.1, 0.15) is 13.2 Å². The summed E-state index contributed by atoms with van der Waals surface area (Å²) >= 11 is 1.74. The third-order valence-electron chi connectivity index (χ3n) is 6.41. The predicted molar refractivity (Wildman–Crippen MR) is 128 cm³/mol. The van der Waals surface area contributed by atoms with Gasteiger partial charge in [-0.25, -0.2) is 4.98 Å². The van der Waals surface area contributed by atoms with Crippen molar-refractivity contribution in [2.45, 2.75) is 38.5 Å². The molecule has 0 saturated carbocycles. The van der Waals surface area contributed by atoms with E-state index >= 15 is 0 Å². The van der Waals surface area contributed by atoms with Crippen LogP contribution in [-0.2, 0) is 11.2 Å². The molecule has 0 spiro atoms. The number of piperidine rings is 1. The monoisotopic (exact) mass is 464 g/mol. The van der Waals surface area contributed by atoms with Crippen LogP contribution in [0.5, 0.6) is 11.5 Å². The number of aryl methyl sites for hydroxylation is 1. The molecule has 3 aromatic rings. The molecule has 0 bridgehead atoms. The molecule has 0 radical (unpaired) electrons. The molecular formula is C26H28N2O4S. The second-order valence-corrected chi connectivity index (χ2v) is 9.78. The zero-order chi connectivity index (χ0) is 22.6. The van der Waals surface area contributed by atoms with Gasteiger partial charge in [0.25, 0.3) is 0 Å². The van der Waals surface area contributed by atoms with Crippen molar-refractivity contribution in [2.24, 2.45) is 5.92 Å². The van der Waals surface area contributed by atoms with Crippen molar-refractivity contribution in [3.05, 3.63) is 53.0 Å². The molecule has 2 aliphatic heterocycles. The largest absolute Gasteiger partial charge is 0.486 e. The van der Waals surface area contributed by atoms with E-state index in [0.717, 1.165) is 29.8 Å². The Morgan fingerprint density at radius 1 is 1.00 bits per heavy atom. The van der Waals surface area contributed by atoms with E-state index in [4.69, 9.17) is 9.47 Å². The van der Waals surface area contributed by atoms with E-state index < -0.39 is 0 Å². The number of aromatic nitrogens is 1. The van der Waals surface area contributed by atoms with Crippen LogP contribution in [0.25, 0.3) is 10.2 Å². The van der Waals surface area contributed by atoms with Crippen LogP contribution in [0.15, 0.2) is 42.5 Å². The standard InChI is InChI=1S/C26H28N2O4S/c29-25(8-4-3-7-24-27-20-5-1-2-6-23(20)33-24)28-13-11-18(12-14-28)26(30)19-9-10-21-22(17-19)32-16-15-31-21/h1-2,5-6,9-10,17-18H,3-4,7-8,11-16H2. The fraction of sp³-hybridized carbons (Fsp3) is 0.423. The Labute approximate surface area is 197 Å². The number of benzene rings is 2. The van der Waals surface area contributed by atoms with E-state index in [-0.39, 0.29) is 17.6 Å². The maximum absolute atomic E-state index is 13.0. The summed E-state index contributed by atoms with van der Waals surface area (Å²) in [7, 11) is 0. The lowest BCUT2D eigenvalue weighted by atomic mass is 9.88. The van der Waals surface area contributed by atoms with Gasteiger partial charge in [-0.1, -0.05) is 12.1 Å². The minimum absolute atomic E-state index is 0.0457. The number of hydrogen-bond acceptors (Lipinski definition) is 6. The van der Waals surface area contributed by atoms with Crippen molar-refractivity contribution in [2.75, 3.05) is 26.3 Å². The van der Waals surface area contributed by atoms with Crippen LogP contribution in [0.1, 0.15) is 47.5 Å². The number of unbranched alkanes of at least 4 members (excludes halogenated alkanes) is 1. The van der Waals surface area contributed by atoms with Gasteiger partial charge in [-0.05, 0) is 62.4 Å². The van der Waals surface area contributed by atoms with E-state index in [2.05, 4.69) is 11.1 Å². The Bertz CT molecular complexity index is 1120. The summed E-state index contributed by atoms with van der Waals surface area (Å²) in [5, 5.41) is 1.14. The average Bonchev–Trinajstić information content (AvgIpc) is 3.29. The number of ether oxygens (including phenoxy) is 2. The summed E-state index contributed by atoms with van der Waals surface area (Å²) in [6.45, 7) is 2.34. The van der Waals surface area contributed by atoms with Crippen molar-refractivity contribution in [1.82, 2.24) is 9.88 Å². The number of para-hydroxylation sites is 1. The summed E-state index contributed by atoms with van der Waals surface area (Å²) in [6.07, 6.45) is 4.73. The molecule has 1 amide bonds. The number of nitrogens with zero attached hydrogens (tertiary/aromatic N) is 2. The summed E-state index contributed by atoms with van der Waals surface area (Å²) in [6, 6.07) is 13.6. The average molecular weight is 465 g/mol. The van der Waals surface area contributed by atoms with Crippen LogP contribution in [0.4, 0.5) is 0 Å². The minimum Gasteiger partial charge on any atom is -0.486 e. The number of carbonyl (C=O) groups excluding carboxylic acids is 2. The number of likely N-dealkylation sites (tertiary alicyclic amines) is 1. The van der Waals surface area contributed by atoms with E-state index in [0.29, 0.717) is 62.6 Å². The molecule has 172 valence electrons. The molecule has 33 heavy (non-hydrogen) atoms. The molecule has 2 aliphatic rings. The highest BCUT2D eigenvalue weighted by molar-refractivity contribution is 7.18.